The van der Waals surface area contributed by atoms with Gasteiger partial charge in [-0.15, -0.1) is 0 Å². The Morgan fingerprint density at radius 2 is 2.08 bits per heavy atom. The van der Waals surface area contributed by atoms with Gasteiger partial charge in [0.1, 0.15) is 23.2 Å². The number of nitrogens with one attached hydrogen (secondary N) is 1. The predicted octanol–water partition coefficient (Wildman–Crippen LogP) is 4.50. The zero-order valence-electron chi connectivity index (χ0n) is 13.6. The van der Waals surface area contributed by atoms with Gasteiger partial charge < -0.3 is 14.8 Å². The van der Waals surface area contributed by atoms with E-state index in [9.17, 15) is 4.39 Å². The summed E-state index contributed by atoms with van der Waals surface area (Å²) in [7, 11) is 0. The lowest BCUT2D eigenvalue weighted by atomic mass is 10.2. The zero-order chi connectivity index (χ0) is 17.6. The maximum absolute atomic E-state index is 13.7. The van der Waals surface area contributed by atoms with Gasteiger partial charge in [-0.25, -0.2) is 4.39 Å². The van der Waals surface area contributed by atoms with Gasteiger partial charge in [-0.05, 0) is 49.2 Å². The van der Waals surface area contributed by atoms with Crippen LogP contribution in [-0.2, 0) is 11.3 Å². The highest BCUT2D eigenvalue weighted by Gasteiger charge is 2.15. The summed E-state index contributed by atoms with van der Waals surface area (Å²) in [5.74, 6) is 0.258. The molecule has 1 aliphatic heterocycles. The molecule has 0 saturated carbocycles. The molecule has 1 aliphatic rings. The van der Waals surface area contributed by atoms with E-state index in [1.807, 2.05) is 24.3 Å². The lowest BCUT2D eigenvalue weighted by Gasteiger charge is -2.13. The fraction of sp³-hybridized carbons (Fsp3) is 0.316. The van der Waals surface area contributed by atoms with Gasteiger partial charge in [-0.3, -0.25) is 0 Å². The van der Waals surface area contributed by atoms with E-state index in [0.29, 0.717) is 21.3 Å². The summed E-state index contributed by atoms with van der Waals surface area (Å²) in [5.41, 5.74) is 1.26. The quantitative estimate of drug-likeness (QED) is 0.748. The van der Waals surface area contributed by atoms with Crippen LogP contribution in [-0.4, -0.2) is 24.2 Å². The van der Waals surface area contributed by atoms with Crippen LogP contribution in [0.15, 0.2) is 42.5 Å². The maximum atomic E-state index is 13.7. The van der Waals surface area contributed by atoms with Crippen molar-refractivity contribution in [3.63, 3.8) is 0 Å². The van der Waals surface area contributed by atoms with Crippen LogP contribution in [0, 0.1) is 5.82 Å². The van der Waals surface area contributed by atoms with Gasteiger partial charge in [-0.2, -0.15) is 0 Å². The summed E-state index contributed by atoms with van der Waals surface area (Å²) in [6.07, 6.45) is 2.42. The Kier molecular flexibility index (Phi) is 6.24. The molecule has 1 fully saturated rings. The molecule has 3 rings (SSSR count). The summed E-state index contributed by atoms with van der Waals surface area (Å²) in [5, 5.41) is 3.59. The van der Waals surface area contributed by atoms with Crippen molar-refractivity contribution in [3.8, 4) is 5.75 Å². The molecule has 6 heteroatoms. The Morgan fingerprint density at radius 3 is 2.76 bits per heavy atom. The monoisotopic (exact) mass is 379 g/mol. The number of halogens is 2. The highest BCUT2D eigenvalue weighted by molar-refractivity contribution is 7.80. The fourth-order valence-corrected chi connectivity index (χ4v) is 3.08. The van der Waals surface area contributed by atoms with Gasteiger partial charge in [0.2, 0.25) is 0 Å². The largest absolute Gasteiger partial charge is 0.489 e. The normalized spacial score (nSPS) is 16.6. The van der Waals surface area contributed by atoms with E-state index < -0.39 is 0 Å². The first-order valence-corrected chi connectivity index (χ1v) is 8.97. The molecule has 1 saturated heterocycles. The van der Waals surface area contributed by atoms with Crippen LogP contribution in [0.2, 0.25) is 5.02 Å². The molecule has 1 N–H and O–H groups in total. The van der Waals surface area contributed by atoms with Crippen molar-refractivity contribution in [1.29, 1.82) is 0 Å². The molecular weight excluding hydrogens is 361 g/mol. The molecule has 0 amide bonds. The summed E-state index contributed by atoms with van der Waals surface area (Å²) < 4.78 is 24.9. The smallest absolute Gasteiger partial charge is 0.131 e. The van der Waals surface area contributed by atoms with E-state index in [1.165, 1.54) is 6.07 Å². The summed E-state index contributed by atoms with van der Waals surface area (Å²) in [6.45, 7) is 1.63. The molecule has 132 valence electrons. The van der Waals surface area contributed by atoms with E-state index in [0.717, 1.165) is 31.6 Å². The molecule has 3 nitrogen and oxygen atoms in total. The van der Waals surface area contributed by atoms with Crippen LogP contribution in [0.1, 0.15) is 24.0 Å². The van der Waals surface area contributed by atoms with E-state index in [2.05, 4.69) is 5.32 Å². The van der Waals surface area contributed by atoms with Crippen molar-refractivity contribution in [2.45, 2.75) is 25.6 Å². The van der Waals surface area contributed by atoms with Crippen molar-refractivity contribution < 1.29 is 13.9 Å². The average molecular weight is 380 g/mol. The minimum Gasteiger partial charge on any atom is -0.489 e. The average Bonchev–Trinajstić information content (AvgIpc) is 3.13. The van der Waals surface area contributed by atoms with Crippen molar-refractivity contribution >= 4 is 28.8 Å². The topological polar surface area (TPSA) is 30.5 Å². The lowest BCUT2D eigenvalue weighted by Crippen LogP contribution is -2.31. The Morgan fingerprint density at radius 1 is 1.28 bits per heavy atom. The van der Waals surface area contributed by atoms with Crippen molar-refractivity contribution in [2.24, 2.45) is 0 Å². The molecule has 1 heterocycles. The minimum absolute atomic E-state index is 0.0760. The van der Waals surface area contributed by atoms with Crippen LogP contribution in [0.5, 0.6) is 5.75 Å². The highest BCUT2D eigenvalue weighted by Crippen LogP contribution is 2.22. The van der Waals surface area contributed by atoms with Crippen LogP contribution in [0.4, 0.5) is 4.39 Å². The third-order valence-corrected chi connectivity index (χ3v) is 4.81. The van der Waals surface area contributed by atoms with Crippen LogP contribution < -0.4 is 10.1 Å². The van der Waals surface area contributed by atoms with E-state index in [-0.39, 0.29) is 18.5 Å². The first-order valence-electron chi connectivity index (χ1n) is 8.19. The molecule has 1 atom stereocenters. The second-order valence-corrected chi connectivity index (χ2v) is 6.67. The second-order valence-electron chi connectivity index (χ2n) is 5.86. The van der Waals surface area contributed by atoms with Gasteiger partial charge in [-0.1, -0.05) is 29.9 Å². The Hall–Kier alpha value is -1.69. The molecule has 25 heavy (non-hydrogen) atoms. The van der Waals surface area contributed by atoms with Crippen LogP contribution in [0.25, 0.3) is 0 Å². The standard InChI is InChI=1S/C19H19ClFNO2S/c20-17-4-1-5-18(21)16(17)12-24-14-8-6-13(7-9-14)19(25)22-11-15-3-2-10-23-15/h1,4-9,15H,2-3,10-12H2,(H,22,25)/t15-/m1/s1. The van der Waals surface area contributed by atoms with Gasteiger partial charge in [0, 0.05) is 24.3 Å². The number of ether oxygens (including phenoxy) is 2. The molecule has 0 radical (unpaired) electrons. The Balaban J connectivity index is 1.53. The third-order valence-electron chi connectivity index (χ3n) is 4.08. The van der Waals surface area contributed by atoms with Gasteiger partial charge in [0.25, 0.3) is 0 Å². The van der Waals surface area contributed by atoms with E-state index in [1.54, 1.807) is 12.1 Å². The number of hydrogen-bond donors (Lipinski definition) is 1. The molecular formula is C19H19ClFNO2S. The SMILES string of the molecule is Fc1cccc(Cl)c1COc1ccc(C(=S)NC[C@H]2CCCO2)cc1. The number of thiocarbonyl (C=S) groups is 1. The predicted molar refractivity (Wildman–Crippen MR) is 101 cm³/mol. The number of hydrogen-bond acceptors (Lipinski definition) is 3. The Bertz CT molecular complexity index is 712. The second kappa shape index (κ2) is 8.61. The minimum atomic E-state index is -0.372. The summed E-state index contributed by atoms with van der Waals surface area (Å²) in [4.78, 5) is 0.680. The third kappa shape index (κ3) is 4.91. The maximum Gasteiger partial charge on any atom is 0.131 e. The van der Waals surface area contributed by atoms with Gasteiger partial charge in [0.05, 0.1) is 11.1 Å². The van der Waals surface area contributed by atoms with Crippen molar-refractivity contribution in [2.75, 3.05) is 13.2 Å². The number of benzene rings is 2. The molecule has 0 spiro atoms. The van der Waals surface area contributed by atoms with E-state index >= 15 is 0 Å². The lowest BCUT2D eigenvalue weighted by molar-refractivity contribution is 0.114. The first kappa shape index (κ1) is 18.1. The molecule has 2 aromatic carbocycles. The van der Waals surface area contributed by atoms with Crippen LogP contribution in [0.3, 0.4) is 0 Å². The molecule has 0 aromatic heterocycles. The molecule has 0 bridgehead atoms. The van der Waals surface area contributed by atoms with Crippen LogP contribution >= 0.6 is 23.8 Å². The van der Waals surface area contributed by atoms with Gasteiger partial charge >= 0.3 is 0 Å². The summed E-state index contributed by atoms with van der Waals surface area (Å²) >= 11 is 11.4. The Labute approximate surface area is 157 Å². The van der Waals surface area contributed by atoms with Crippen molar-refractivity contribution in [3.05, 3.63) is 64.4 Å². The summed E-state index contributed by atoms with van der Waals surface area (Å²) in [6, 6.07) is 12.0. The molecule has 0 aliphatic carbocycles. The number of rotatable bonds is 6. The molecule has 0 unspecified atom stereocenters. The zero-order valence-corrected chi connectivity index (χ0v) is 15.2. The highest BCUT2D eigenvalue weighted by atomic mass is 35.5. The fourth-order valence-electron chi connectivity index (χ4n) is 2.64. The first-order chi connectivity index (χ1) is 12.1. The molecule has 2 aromatic rings. The van der Waals surface area contributed by atoms with Crippen molar-refractivity contribution in [1.82, 2.24) is 5.32 Å². The van der Waals surface area contributed by atoms with Gasteiger partial charge in [0.15, 0.2) is 0 Å². The van der Waals surface area contributed by atoms with E-state index in [4.69, 9.17) is 33.3 Å².